The van der Waals surface area contributed by atoms with Gasteiger partial charge in [0.1, 0.15) is 0 Å². The minimum atomic E-state index is -4.03. The van der Waals surface area contributed by atoms with Gasteiger partial charge in [0.25, 0.3) is 0 Å². The van der Waals surface area contributed by atoms with Gasteiger partial charge in [0.15, 0.2) is 0 Å². The Bertz CT molecular complexity index is 430. The summed E-state index contributed by atoms with van der Waals surface area (Å²) in [6.45, 7) is 2.33. The van der Waals surface area contributed by atoms with E-state index in [9.17, 15) is 13.2 Å². The number of hydrogen-bond acceptors (Lipinski definition) is 2. The fourth-order valence-electron chi connectivity index (χ4n) is 2.53. The fourth-order valence-corrected chi connectivity index (χ4v) is 2.53. The van der Waals surface area contributed by atoms with Crippen LogP contribution >= 0.6 is 0 Å². The van der Waals surface area contributed by atoms with E-state index in [1.165, 1.54) is 16.8 Å². The standard InChI is InChI=1S/C15H21F3N2/c16-15(17,18)8-1-2-9-19-11-13-6-3-5-12-7-4-10-20-14(12)13/h3,5-6,19-20H,1-2,4,7-11H2. The Morgan fingerprint density at radius 2 is 2.05 bits per heavy atom. The lowest BCUT2D eigenvalue weighted by atomic mass is 9.99. The molecule has 112 valence electrons. The number of rotatable bonds is 6. The molecule has 5 heteroatoms. The molecule has 2 nitrogen and oxygen atoms in total. The highest BCUT2D eigenvalue weighted by Gasteiger charge is 2.25. The molecule has 0 atom stereocenters. The van der Waals surface area contributed by atoms with Crippen LogP contribution in [0, 0.1) is 0 Å². The summed E-state index contributed by atoms with van der Waals surface area (Å²) in [4.78, 5) is 0. The van der Waals surface area contributed by atoms with Gasteiger partial charge in [-0.2, -0.15) is 13.2 Å². The maximum absolute atomic E-state index is 12.0. The van der Waals surface area contributed by atoms with Crippen molar-refractivity contribution in [2.24, 2.45) is 0 Å². The van der Waals surface area contributed by atoms with Crippen LogP contribution in [0.15, 0.2) is 18.2 Å². The number of nitrogens with one attached hydrogen (secondary N) is 2. The Kier molecular flexibility index (Phi) is 5.29. The molecular formula is C15H21F3N2. The van der Waals surface area contributed by atoms with Crippen molar-refractivity contribution >= 4 is 5.69 Å². The van der Waals surface area contributed by atoms with Crippen molar-refractivity contribution in [2.75, 3.05) is 18.4 Å². The van der Waals surface area contributed by atoms with Crippen molar-refractivity contribution in [1.82, 2.24) is 5.32 Å². The van der Waals surface area contributed by atoms with Gasteiger partial charge in [-0.05, 0) is 43.4 Å². The van der Waals surface area contributed by atoms with Gasteiger partial charge < -0.3 is 10.6 Å². The average Bonchev–Trinajstić information content (AvgIpc) is 2.41. The van der Waals surface area contributed by atoms with Gasteiger partial charge in [-0.3, -0.25) is 0 Å². The van der Waals surface area contributed by atoms with Crippen LogP contribution in [-0.2, 0) is 13.0 Å². The first kappa shape index (κ1) is 15.2. The summed E-state index contributed by atoms with van der Waals surface area (Å²) in [6, 6.07) is 6.25. The van der Waals surface area contributed by atoms with E-state index in [4.69, 9.17) is 0 Å². The average molecular weight is 286 g/mol. The van der Waals surface area contributed by atoms with Gasteiger partial charge in [0.05, 0.1) is 0 Å². The third-order valence-corrected chi connectivity index (χ3v) is 3.54. The van der Waals surface area contributed by atoms with E-state index in [-0.39, 0.29) is 6.42 Å². The summed E-state index contributed by atoms with van der Waals surface area (Å²) < 4.78 is 36.0. The lowest BCUT2D eigenvalue weighted by Crippen LogP contribution is -2.19. The predicted octanol–water partition coefficient (Wildman–Crippen LogP) is 3.87. The summed E-state index contributed by atoms with van der Waals surface area (Å²) in [7, 11) is 0. The molecule has 0 saturated heterocycles. The highest BCUT2D eigenvalue weighted by molar-refractivity contribution is 5.59. The molecule has 0 amide bonds. The zero-order valence-electron chi connectivity index (χ0n) is 11.5. The van der Waals surface area contributed by atoms with Crippen molar-refractivity contribution in [3.8, 4) is 0 Å². The van der Waals surface area contributed by atoms with Gasteiger partial charge in [0, 0.05) is 25.2 Å². The van der Waals surface area contributed by atoms with Crippen molar-refractivity contribution in [3.63, 3.8) is 0 Å². The van der Waals surface area contributed by atoms with E-state index in [1.807, 2.05) is 6.07 Å². The normalized spacial score (nSPS) is 14.8. The third-order valence-electron chi connectivity index (χ3n) is 3.54. The quantitative estimate of drug-likeness (QED) is 0.776. The van der Waals surface area contributed by atoms with Crippen molar-refractivity contribution in [1.29, 1.82) is 0 Å². The van der Waals surface area contributed by atoms with Crippen LogP contribution in [-0.4, -0.2) is 19.3 Å². The van der Waals surface area contributed by atoms with Crippen LogP contribution in [0.1, 0.15) is 36.8 Å². The molecule has 0 aliphatic carbocycles. The molecule has 2 N–H and O–H groups in total. The molecule has 0 bridgehead atoms. The number of alkyl halides is 3. The zero-order valence-corrected chi connectivity index (χ0v) is 11.5. The highest BCUT2D eigenvalue weighted by atomic mass is 19.4. The molecule has 1 aromatic carbocycles. The van der Waals surface area contributed by atoms with Gasteiger partial charge >= 0.3 is 6.18 Å². The van der Waals surface area contributed by atoms with Crippen LogP contribution in [0.5, 0.6) is 0 Å². The first-order valence-electron chi connectivity index (χ1n) is 7.18. The zero-order chi connectivity index (χ0) is 14.4. The van der Waals surface area contributed by atoms with Crippen LogP contribution in [0.3, 0.4) is 0 Å². The van der Waals surface area contributed by atoms with Crippen molar-refractivity contribution in [2.45, 2.75) is 44.8 Å². The van der Waals surface area contributed by atoms with Crippen molar-refractivity contribution in [3.05, 3.63) is 29.3 Å². The van der Waals surface area contributed by atoms with E-state index < -0.39 is 12.6 Å². The summed E-state index contributed by atoms with van der Waals surface area (Å²) in [5.41, 5.74) is 3.76. The Labute approximate surface area is 117 Å². The largest absolute Gasteiger partial charge is 0.389 e. The molecule has 20 heavy (non-hydrogen) atoms. The number of hydrogen-bond donors (Lipinski definition) is 2. The monoisotopic (exact) mass is 286 g/mol. The molecule has 0 spiro atoms. The highest BCUT2D eigenvalue weighted by Crippen LogP contribution is 2.26. The summed E-state index contributed by atoms with van der Waals surface area (Å²) in [5, 5.41) is 6.65. The SMILES string of the molecule is FC(F)(F)CCCCNCc1cccc2c1NCCC2. The lowest BCUT2D eigenvalue weighted by Gasteiger charge is -2.21. The minimum Gasteiger partial charge on any atom is -0.385 e. The molecule has 2 rings (SSSR count). The summed E-state index contributed by atoms with van der Waals surface area (Å²) in [5.74, 6) is 0. The smallest absolute Gasteiger partial charge is 0.385 e. The Morgan fingerprint density at radius 3 is 2.85 bits per heavy atom. The third kappa shape index (κ3) is 4.71. The number of benzene rings is 1. The first-order chi connectivity index (χ1) is 9.56. The molecule has 0 aromatic heterocycles. The Hall–Kier alpha value is -1.23. The summed E-state index contributed by atoms with van der Waals surface area (Å²) >= 11 is 0. The molecule has 1 aliphatic heterocycles. The number of aryl methyl sites for hydroxylation is 1. The maximum Gasteiger partial charge on any atom is 0.389 e. The second-order valence-corrected chi connectivity index (χ2v) is 5.23. The topological polar surface area (TPSA) is 24.1 Å². The van der Waals surface area contributed by atoms with Gasteiger partial charge in [-0.25, -0.2) is 0 Å². The Balaban J connectivity index is 1.72. The molecule has 0 saturated carbocycles. The second kappa shape index (κ2) is 6.97. The van der Waals surface area contributed by atoms with E-state index in [0.717, 1.165) is 19.4 Å². The number of halogens is 3. The number of para-hydroxylation sites is 1. The predicted molar refractivity (Wildman–Crippen MR) is 74.9 cm³/mol. The number of unbranched alkanes of at least 4 members (excludes halogenated alkanes) is 1. The molecule has 1 aromatic rings. The molecule has 0 fully saturated rings. The van der Waals surface area contributed by atoms with E-state index in [1.54, 1.807) is 0 Å². The molecule has 0 unspecified atom stereocenters. The fraction of sp³-hybridized carbons (Fsp3) is 0.600. The van der Waals surface area contributed by atoms with Gasteiger partial charge in [-0.15, -0.1) is 0 Å². The first-order valence-corrected chi connectivity index (χ1v) is 7.18. The summed E-state index contributed by atoms with van der Waals surface area (Å²) in [6.07, 6.45) is -1.70. The van der Waals surface area contributed by atoms with Gasteiger partial charge in [0.2, 0.25) is 0 Å². The van der Waals surface area contributed by atoms with Crippen LogP contribution in [0.4, 0.5) is 18.9 Å². The molecular weight excluding hydrogens is 265 g/mol. The van der Waals surface area contributed by atoms with Gasteiger partial charge in [-0.1, -0.05) is 18.2 Å². The molecule has 0 radical (unpaired) electrons. The molecule has 1 aliphatic rings. The lowest BCUT2D eigenvalue weighted by molar-refractivity contribution is -0.135. The van der Waals surface area contributed by atoms with Crippen LogP contribution in [0.2, 0.25) is 0 Å². The van der Waals surface area contributed by atoms with Crippen molar-refractivity contribution < 1.29 is 13.2 Å². The molecule has 1 heterocycles. The van der Waals surface area contributed by atoms with E-state index in [0.29, 0.717) is 19.5 Å². The maximum atomic E-state index is 12.0. The Morgan fingerprint density at radius 1 is 1.20 bits per heavy atom. The van der Waals surface area contributed by atoms with E-state index in [2.05, 4.69) is 22.8 Å². The minimum absolute atomic E-state index is 0.196. The van der Waals surface area contributed by atoms with Crippen LogP contribution in [0.25, 0.3) is 0 Å². The van der Waals surface area contributed by atoms with E-state index >= 15 is 0 Å². The second-order valence-electron chi connectivity index (χ2n) is 5.23. The van der Waals surface area contributed by atoms with Crippen LogP contribution < -0.4 is 10.6 Å². The number of fused-ring (bicyclic) bond motifs is 1. The number of anilines is 1.